The van der Waals surface area contributed by atoms with Gasteiger partial charge in [0.25, 0.3) is 0 Å². The predicted molar refractivity (Wildman–Crippen MR) is 102 cm³/mol. The summed E-state index contributed by atoms with van der Waals surface area (Å²) >= 11 is 5.56. The molecule has 4 heterocycles. The van der Waals surface area contributed by atoms with Crippen molar-refractivity contribution in [3.05, 3.63) is 46.6 Å². The molecule has 0 N–H and O–H groups in total. The van der Waals surface area contributed by atoms with Crippen molar-refractivity contribution in [3.8, 4) is 0 Å². The van der Waals surface area contributed by atoms with Gasteiger partial charge in [-0.25, -0.2) is 19.0 Å². The number of thioether (sulfide) groups is 2. The molecule has 4 aromatic rings. The van der Waals surface area contributed by atoms with Gasteiger partial charge in [0.05, 0.1) is 16.0 Å². The third-order valence-electron chi connectivity index (χ3n) is 3.00. The second kappa shape index (κ2) is 7.49. The van der Waals surface area contributed by atoms with Crippen LogP contribution >= 0.6 is 46.1 Å². The summed E-state index contributed by atoms with van der Waals surface area (Å²) in [6.07, 6.45) is 11.2. The highest BCUT2D eigenvalue weighted by Gasteiger charge is 2.04. The number of rotatable bonds is 2. The minimum atomic E-state index is 0.900. The molecule has 0 amide bonds. The fourth-order valence-electron chi connectivity index (χ4n) is 1.96. The highest BCUT2D eigenvalue weighted by Crippen LogP contribution is 2.17. The zero-order chi connectivity index (χ0) is 16.2. The molecule has 0 fully saturated rings. The highest BCUT2D eigenvalue weighted by molar-refractivity contribution is 14.1. The maximum Gasteiger partial charge on any atom is 0.169 e. The van der Waals surface area contributed by atoms with E-state index in [0.29, 0.717) is 0 Å². The number of hydrogen-bond donors (Lipinski definition) is 0. The first-order chi connectivity index (χ1) is 11.2. The van der Waals surface area contributed by atoms with E-state index in [1.165, 1.54) is 0 Å². The largest absolute Gasteiger partial charge is 0.237 e. The zero-order valence-electron chi connectivity index (χ0n) is 12.4. The van der Waals surface area contributed by atoms with Gasteiger partial charge in [0.1, 0.15) is 10.1 Å². The maximum atomic E-state index is 4.23. The van der Waals surface area contributed by atoms with Crippen molar-refractivity contribution in [1.82, 2.24) is 29.2 Å². The van der Waals surface area contributed by atoms with Gasteiger partial charge in [-0.2, -0.15) is 10.2 Å². The van der Waals surface area contributed by atoms with Crippen molar-refractivity contribution in [3.63, 3.8) is 0 Å². The van der Waals surface area contributed by atoms with E-state index in [-0.39, 0.29) is 0 Å². The van der Waals surface area contributed by atoms with Crippen LogP contribution in [0.3, 0.4) is 0 Å². The number of hydrogen-bond acceptors (Lipinski definition) is 6. The molecule has 0 radical (unpaired) electrons. The van der Waals surface area contributed by atoms with E-state index < -0.39 is 0 Å². The topological polar surface area (TPSA) is 60.4 Å². The number of nitrogens with zero attached hydrogens (tertiary/aromatic N) is 6. The van der Waals surface area contributed by atoms with Crippen LogP contribution in [0.15, 0.2) is 53.0 Å². The Morgan fingerprint density at radius 1 is 0.870 bits per heavy atom. The lowest BCUT2D eigenvalue weighted by molar-refractivity contribution is 0.844. The highest BCUT2D eigenvalue weighted by atomic mass is 127. The molecule has 0 saturated heterocycles. The Morgan fingerprint density at radius 3 is 2.30 bits per heavy atom. The average Bonchev–Trinajstić information content (AvgIpc) is 3.22. The van der Waals surface area contributed by atoms with Crippen molar-refractivity contribution in [2.45, 2.75) is 10.1 Å². The lowest BCUT2D eigenvalue weighted by atomic mass is 10.6. The summed E-state index contributed by atoms with van der Waals surface area (Å²) in [5.74, 6) is 0. The zero-order valence-corrected chi connectivity index (χ0v) is 16.2. The van der Waals surface area contributed by atoms with E-state index in [1.807, 2.05) is 52.1 Å². The van der Waals surface area contributed by atoms with Crippen molar-refractivity contribution < 1.29 is 0 Å². The fourth-order valence-corrected chi connectivity index (χ4v) is 3.47. The van der Waals surface area contributed by atoms with Crippen LogP contribution in [-0.2, 0) is 0 Å². The van der Waals surface area contributed by atoms with Gasteiger partial charge in [0, 0.05) is 18.5 Å². The first-order valence-corrected chi connectivity index (χ1v) is 10.1. The van der Waals surface area contributed by atoms with Gasteiger partial charge in [-0.3, -0.25) is 0 Å². The lowest BCUT2D eigenvalue weighted by Gasteiger charge is -1.98. The Morgan fingerprint density at radius 2 is 1.57 bits per heavy atom. The lowest BCUT2D eigenvalue weighted by Crippen LogP contribution is -1.92. The first-order valence-electron chi connectivity index (χ1n) is 6.59. The quantitative estimate of drug-likeness (QED) is 0.262. The van der Waals surface area contributed by atoms with Crippen molar-refractivity contribution in [2.75, 3.05) is 12.5 Å². The van der Waals surface area contributed by atoms with E-state index in [1.54, 1.807) is 35.9 Å². The average molecular weight is 456 g/mol. The molecule has 23 heavy (non-hydrogen) atoms. The minimum absolute atomic E-state index is 0.900. The van der Waals surface area contributed by atoms with Gasteiger partial charge in [-0.15, -0.1) is 23.5 Å². The molecule has 0 aromatic carbocycles. The van der Waals surface area contributed by atoms with Gasteiger partial charge in [-0.1, -0.05) is 0 Å². The molecule has 0 aliphatic heterocycles. The molecular formula is C14H13IN6S2. The summed E-state index contributed by atoms with van der Waals surface area (Å²) in [6, 6.07) is 5.80. The molecule has 0 unspecified atom stereocenters. The molecule has 0 atom stereocenters. The molecule has 0 aliphatic rings. The molecule has 118 valence electrons. The van der Waals surface area contributed by atoms with Crippen molar-refractivity contribution in [2.24, 2.45) is 0 Å². The predicted octanol–water partition coefficient (Wildman–Crippen LogP) is 3.51. The third kappa shape index (κ3) is 3.45. The smallest absolute Gasteiger partial charge is 0.169 e. The van der Waals surface area contributed by atoms with Gasteiger partial charge >= 0.3 is 0 Å². The van der Waals surface area contributed by atoms with Gasteiger partial charge < -0.3 is 0 Å². The standard InChI is InChI=1S/C7H6IN3S.C7H7N3S/c1-12-6-2-3-9-7-5(8)4-10-11(6)7;1-11-7-3-4-8-6-2-5-9-10(6)7/h2-4H,1H3;2-5H,1H3. The molecule has 0 aliphatic carbocycles. The number of fused-ring (bicyclic) bond motifs is 2. The summed E-state index contributed by atoms with van der Waals surface area (Å²) in [4.78, 5) is 8.37. The molecule has 9 heteroatoms. The fraction of sp³-hybridized carbons (Fsp3) is 0.143. The van der Waals surface area contributed by atoms with Crippen LogP contribution < -0.4 is 0 Å². The summed E-state index contributed by atoms with van der Waals surface area (Å²) < 4.78 is 4.76. The molecule has 4 rings (SSSR count). The summed E-state index contributed by atoms with van der Waals surface area (Å²) in [7, 11) is 0. The summed E-state index contributed by atoms with van der Waals surface area (Å²) in [5, 5.41) is 10.6. The second-order valence-corrected chi connectivity index (χ2v) is 7.12. The van der Waals surface area contributed by atoms with Crippen LogP contribution in [0.4, 0.5) is 0 Å². The van der Waals surface area contributed by atoms with Crippen LogP contribution in [0.25, 0.3) is 11.3 Å². The molecule has 6 nitrogen and oxygen atoms in total. The summed E-state index contributed by atoms with van der Waals surface area (Å²) in [6.45, 7) is 0. The SMILES string of the molecule is CSc1ccnc2c(I)cnn12.CSc1ccnc2ccnn12. The Kier molecular flexibility index (Phi) is 5.38. The van der Waals surface area contributed by atoms with Gasteiger partial charge in [0.15, 0.2) is 11.3 Å². The molecule has 0 spiro atoms. The van der Waals surface area contributed by atoms with E-state index in [4.69, 9.17) is 0 Å². The normalized spacial score (nSPS) is 10.7. The maximum absolute atomic E-state index is 4.23. The third-order valence-corrected chi connectivity index (χ3v) is 5.21. The second-order valence-electron chi connectivity index (χ2n) is 4.30. The van der Waals surface area contributed by atoms with E-state index >= 15 is 0 Å². The van der Waals surface area contributed by atoms with E-state index in [2.05, 4.69) is 42.8 Å². The summed E-state index contributed by atoms with van der Waals surface area (Å²) in [5.41, 5.74) is 1.83. The van der Waals surface area contributed by atoms with E-state index in [0.717, 1.165) is 24.9 Å². The Labute approximate surface area is 155 Å². The number of aromatic nitrogens is 6. The van der Waals surface area contributed by atoms with E-state index in [9.17, 15) is 0 Å². The molecule has 0 saturated carbocycles. The Bertz CT molecular complexity index is 935. The van der Waals surface area contributed by atoms with Crippen LogP contribution in [0.5, 0.6) is 0 Å². The first kappa shape index (κ1) is 16.5. The minimum Gasteiger partial charge on any atom is -0.237 e. The van der Waals surface area contributed by atoms with Crippen molar-refractivity contribution in [1.29, 1.82) is 0 Å². The van der Waals surface area contributed by atoms with Crippen LogP contribution in [-0.4, -0.2) is 41.7 Å². The van der Waals surface area contributed by atoms with Crippen LogP contribution in [0.2, 0.25) is 0 Å². The Hall–Kier alpha value is -1.33. The van der Waals surface area contributed by atoms with Crippen LogP contribution in [0, 0.1) is 3.57 Å². The number of halogens is 1. The van der Waals surface area contributed by atoms with Crippen molar-refractivity contribution >= 4 is 57.4 Å². The molecule has 0 bridgehead atoms. The molecule has 4 aromatic heterocycles. The van der Waals surface area contributed by atoms with Gasteiger partial charge in [-0.05, 0) is 47.2 Å². The Balaban J connectivity index is 0.000000136. The van der Waals surface area contributed by atoms with Gasteiger partial charge in [0.2, 0.25) is 0 Å². The van der Waals surface area contributed by atoms with Crippen LogP contribution in [0.1, 0.15) is 0 Å². The monoisotopic (exact) mass is 456 g/mol. The molecular weight excluding hydrogens is 443 g/mol.